The number of rotatable bonds is 2. The van der Waals surface area contributed by atoms with Crippen LogP contribution >= 0.6 is 27.3 Å². The summed E-state index contributed by atoms with van der Waals surface area (Å²) in [6, 6.07) is 0. The van der Waals surface area contributed by atoms with Crippen LogP contribution in [0.3, 0.4) is 0 Å². The van der Waals surface area contributed by atoms with Gasteiger partial charge in [0.15, 0.2) is 6.29 Å². The smallest absolute Gasteiger partial charge is 0.273 e. The lowest BCUT2D eigenvalue weighted by Crippen LogP contribution is -1.78. The van der Waals surface area contributed by atoms with E-state index in [4.69, 9.17) is 0 Å². The van der Waals surface area contributed by atoms with Crippen LogP contribution in [0.2, 0.25) is 0 Å². The van der Waals surface area contributed by atoms with Crippen molar-refractivity contribution < 1.29 is 13.6 Å². The Morgan fingerprint density at radius 2 is 2.17 bits per heavy atom. The number of carbonyl (C=O) groups excluding carboxylic acids is 1. The standard InChI is InChI=1S/C7H5BrF2OS/c1-3-4(2-11)12-6(5(3)8)7(9)10/h2,7H,1H3. The van der Waals surface area contributed by atoms with Gasteiger partial charge in [0.05, 0.1) is 9.75 Å². The van der Waals surface area contributed by atoms with Gasteiger partial charge >= 0.3 is 0 Å². The SMILES string of the molecule is Cc1c(C=O)sc(C(F)F)c1Br. The van der Waals surface area contributed by atoms with E-state index in [1.807, 2.05) is 0 Å². The Bertz CT molecular complexity index is 309. The Hall–Kier alpha value is -0.290. The molecule has 0 saturated heterocycles. The van der Waals surface area contributed by atoms with Crippen LogP contribution < -0.4 is 0 Å². The van der Waals surface area contributed by atoms with Crippen molar-refractivity contribution in [2.45, 2.75) is 13.3 Å². The second-order valence-electron chi connectivity index (χ2n) is 2.19. The van der Waals surface area contributed by atoms with Crippen LogP contribution in [0.4, 0.5) is 8.78 Å². The molecule has 0 aliphatic heterocycles. The Morgan fingerprint density at radius 1 is 1.58 bits per heavy atom. The molecule has 0 aliphatic carbocycles. The minimum atomic E-state index is -2.52. The first-order chi connectivity index (χ1) is 5.57. The fraction of sp³-hybridized carbons (Fsp3) is 0.286. The third-order valence-corrected chi connectivity index (χ3v) is 3.95. The predicted octanol–water partition coefficient (Wildman–Crippen LogP) is 3.57. The molecular weight excluding hydrogens is 250 g/mol. The van der Waals surface area contributed by atoms with Gasteiger partial charge < -0.3 is 0 Å². The van der Waals surface area contributed by atoms with Crippen molar-refractivity contribution in [3.8, 4) is 0 Å². The van der Waals surface area contributed by atoms with Gasteiger partial charge in [-0.2, -0.15) is 0 Å². The largest absolute Gasteiger partial charge is 0.297 e. The van der Waals surface area contributed by atoms with E-state index in [0.717, 1.165) is 11.3 Å². The van der Waals surface area contributed by atoms with E-state index in [1.54, 1.807) is 6.92 Å². The molecule has 0 atom stereocenters. The highest BCUT2D eigenvalue weighted by Crippen LogP contribution is 2.37. The van der Waals surface area contributed by atoms with Crippen LogP contribution in [0, 0.1) is 6.92 Å². The first kappa shape index (κ1) is 9.80. The van der Waals surface area contributed by atoms with Gasteiger partial charge in [-0.15, -0.1) is 11.3 Å². The monoisotopic (exact) mass is 254 g/mol. The van der Waals surface area contributed by atoms with Gasteiger partial charge in [-0.25, -0.2) is 8.78 Å². The average Bonchev–Trinajstić information content (AvgIpc) is 2.30. The zero-order chi connectivity index (χ0) is 9.30. The maximum absolute atomic E-state index is 12.2. The summed E-state index contributed by atoms with van der Waals surface area (Å²) in [4.78, 5) is 10.6. The van der Waals surface area contributed by atoms with Gasteiger partial charge in [-0.3, -0.25) is 4.79 Å². The predicted molar refractivity (Wildman–Crippen MR) is 47.1 cm³/mol. The van der Waals surface area contributed by atoms with Crippen molar-refractivity contribution in [3.05, 3.63) is 19.8 Å². The van der Waals surface area contributed by atoms with Crippen LogP contribution in [0.15, 0.2) is 4.47 Å². The van der Waals surface area contributed by atoms with E-state index in [1.165, 1.54) is 0 Å². The molecule has 1 heterocycles. The van der Waals surface area contributed by atoms with Gasteiger partial charge in [-0.1, -0.05) is 0 Å². The first-order valence-electron chi connectivity index (χ1n) is 3.10. The number of aldehydes is 1. The number of halogens is 3. The molecule has 5 heteroatoms. The molecule has 0 bridgehead atoms. The topological polar surface area (TPSA) is 17.1 Å². The van der Waals surface area contributed by atoms with Crippen molar-refractivity contribution in [1.29, 1.82) is 0 Å². The quantitative estimate of drug-likeness (QED) is 0.738. The second kappa shape index (κ2) is 3.62. The van der Waals surface area contributed by atoms with Gasteiger partial charge in [0.25, 0.3) is 6.43 Å². The molecule has 0 saturated carbocycles. The molecule has 0 N–H and O–H groups in total. The lowest BCUT2D eigenvalue weighted by atomic mass is 10.3. The molecule has 0 aliphatic rings. The Labute approximate surface area is 80.5 Å². The highest BCUT2D eigenvalue weighted by Gasteiger charge is 2.19. The zero-order valence-corrected chi connectivity index (χ0v) is 8.51. The van der Waals surface area contributed by atoms with Crippen LogP contribution in [0.1, 0.15) is 26.5 Å². The Morgan fingerprint density at radius 3 is 2.42 bits per heavy atom. The molecule has 0 amide bonds. The number of hydrogen-bond donors (Lipinski definition) is 0. The van der Waals surface area contributed by atoms with Crippen molar-refractivity contribution in [2.24, 2.45) is 0 Å². The summed E-state index contributed by atoms with van der Waals surface area (Å²) in [6.07, 6.45) is -1.92. The third-order valence-electron chi connectivity index (χ3n) is 1.44. The molecule has 0 radical (unpaired) electrons. The first-order valence-corrected chi connectivity index (χ1v) is 4.71. The average molecular weight is 255 g/mol. The lowest BCUT2D eigenvalue weighted by Gasteiger charge is -1.93. The highest BCUT2D eigenvalue weighted by molar-refractivity contribution is 9.10. The normalized spacial score (nSPS) is 10.8. The molecule has 1 aromatic heterocycles. The highest BCUT2D eigenvalue weighted by atomic mass is 79.9. The number of alkyl halides is 2. The minimum absolute atomic E-state index is 0.0744. The summed E-state index contributed by atoms with van der Waals surface area (Å²) in [6.45, 7) is 1.64. The fourth-order valence-corrected chi connectivity index (χ4v) is 2.42. The summed E-state index contributed by atoms with van der Waals surface area (Å²) < 4.78 is 24.8. The molecule has 12 heavy (non-hydrogen) atoms. The summed E-state index contributed by atoms with van der Waals surface area (Å²) in [5.41, 5.74) is 0.588. The van der Waals surface area contributed by atoms with Gasteiger partial charge in [0.2, 0.25) is 0 Å². The Balaban J connectivity index is 3.24. The maximum atomic E-state index is 12.2. The second-order valence-corrected chi connectivity index (χ2v) is 4.06. The van der Waals surface area contributed by atoms with E-state index in [9.17, 15) is 13.6 Å². The van der Waals surface area contributed by atoms with Crippen molar-refractivity contribution in [1.82, 2.24) is 0 Å². The van der Waals surface area contributed by atoms with Crippen molar-refractivity contribution in [2.75, 3.05) is 0 Å². The number of carbonyl (C=O) groups is 1. The van der Waals surface area contributed by atoms with E-state index in [0.29, 0.717) is 21.2 Å². The molecule has 66 valence electrons. The van der Waals surface area contributed by atoms with Gasteiger partial charge in [-0.05, 0) is 28.4 Å². The van der Waals surface area contributed by atoms with E-state index < -0.39 is 6.43 Å². The van der Waals surface area contributed by atoms with Gasteiger partial charge in [0.1, 0.15) is 0 Å². The van der Waals surface area contributed by atoms with Crippen LogP contribution in [-0.4, -0.2) is 6.29 Å². The molecular formula is C7H5BrF2OS. The van der Waals surface area contributed by atoms with E-state index in [-0.39, 0.29) is 4.88 Å². The lowest BCUT2D eigenvalue weighted by molar-refractivity contribution is 0.112. The number of hydrogen-bond acceptors (Lipinski definition) is 2. The van der Waals surface area contributed by atoms with Crippen molar-refractivity contribution >= 4 is 33.6 Å². The fourth-order valence-electron chi connectivity index (χ4n) is 0.786. The van der Waals surface area contributed by atoms with E-state index >= 15 is 0 Å². The molecule has 1 nitrogen and oxygen atoms in total. The van der Waals surface area contributed by atoms with E-state index in [2.05, 4.69) is 15.9 Å². The summed E-state index contributed by atoms with van der Waals surface area (Å²) >= 11 is 3.84. The summed E-state index contributed by atoms with van der Waals surface area (Å²) in [5, 5.41) is 0. The Kier molecular flexibility index (Phi) is 2.95. The molecule has 0 aromatic carbocycles. The zero-order valence-electron chi connectivity index (χ0n) is 6.11. The third kappa shape index (κ3) is 1.56. The summed E-state index contributed by atoms with van der Waals surface area (Å²) in [7, 11) is 0. The molecule has 0 unspecified atom stereocenters. The van der Waals surface area contributed by atoms with Gasteiger partial charge in [0, 0.05) is 4.47 Å². The maximum Gasteiger partial charge on any atom is 0.273 e. The molecule has 0 fully saturated rings. The number of thiophene rings is 1. The van der Waals surface area contributed by atoms with Crippen LogP contribution in [0.5, 0.6) is 0 Å². The molecule has 0 spiro atoms. The molecule has 1 aromatic rings. The van der Waals surface area contributed by atoms with Crippen LogP contribution in [0.25, 0.3) is 0 Å². The van der Waals surface area contributed by atoms with Crippen LogP contribution in [-0.2, 0) is 0 Å². The summed E-state index contributed by atoms with van der Waals surface area (Å²) in [5.74, 6) is 0. The minimum Gasteiger partial charge on any atom is -0.297 e. The molecule has 1 rings (SSSR count). The van der Waals surface area contributed by atoms with Crippen molar-refractivity contribution in [3.63, 3.8) is 0 Å².